The highest BCUT2D eigenvalue weighted by Gasteiger charge is 2.40. The molecule has 0 spiro atoms. The Morgan fingerprint density at radius 3 is 2.79 bits per heavy atom. The molecule has 0 radical (unpaired) electrons. The molecule has 2 atom stereocenters. The molecule has 0 saturated carbocycles. The van der Waals surface area contributed by atoms with Crippen molar-refractivity contribution in [2.24, 2.45) is 5.73 Å². The van der Waals surface area contributed by atoms with E-state index in [2.05, 4.69) is 35.4 Å². The molecule has 2 unspecified atom stereocenters. The Labute approximate surface area is 123 Å². The third kappa shape index (κ3) is 3.66. The maximum absolute atomic E-state index is 6.25. The molecule has 2 heterocycles. The monoisotopic (exact) mass is 285 g/mol. The van der Waals surface area contributed by atoms with E-state index >= 15 is 0 Å². The van der Waals surface area contributed by atoms with Crippen LogP contribution in [0.1, 0.15) is 39.5 Å². The normalized spacial score (nSPS) is 35.2. The number of nitrogens with two attached hydrogens (primary N) is 1. The third-order valence-electron chi connectivity index (χ3n) is 4.91. The average molecular weight is 286 g/mol. The summed E-state index contributed by atoms with van der Waals surface area (Å²) in [6.45, 7) is 10.5. The molecule has 2 saturated heterocycles. The van der Waals surface area contributed by atoms with Gasteiger partial charge in [-0.25, -0.2) is 0 Å². The smallest absolute Gasteiger partial charge is 0.0347 e. The second-order valence-corrected chi connectivity index (χ2v) is 7.39. The number of likely N-dealkylation sites (tertiary alicyclic amines) is 1. The fourth-order valence-electron chi connectivity index (χ4n) is 3.82. The van der Waals surface area contributed by atoms with E-state index in [-0.39, 0.29) is 5.54 Å². The van der Waals surface area contributed by atoms with Crippen LogP contribution in [0.5, 0.6) is 0 Å². The maximum atomic E-state index is 6.25. The summed E-state index contributed by atoms with van der Waals surface area (Å²) in [5, 5.41) is 0. The van der Waals surface area contributed by atoms with Gasteiger partial charge in [0.1, 0.15) is 0 Å². The molecule has 0 aromatic carbocycles. The summed E-state index contributed by atoms with van der Waals surface area (Å²) in [7, 11) is 0. The first-order chi connectivity index (χ1) is 9.22. The molecule has 2 fully saturated rings. The minimum Gasteiger partial charge on any atom is -0.329 e. The minimum atomic E-state index is 0.281. The molecule has 2 aliphatic heterocycles. The lowest BCUT2D eigenvalue weighted by molar-refractivity contribution is 0.0532. The van der Waals surface area contributed by atoms with Crippen molar-refractivity contribution in [3.8, 4) is 0 Å². The number of hydrogen-bond donors (Lipinski definition) is 1. The highest BCUT2D eigenvalue weighted by molar-refractivity contribution is 7.99. The number of nitrogens with zero attached hydrogens (tertiary/aromatic N) is 2. The van der Waals surface area contributed by atoms with Crippen LogP contribution in [0.2, 0.25) is 0 Å². The summed E-state index contributed by atoms with van der Waals surface area (Å²) in [5.41, 5.74) is 6.53. The summed E-state index contributed by atoms with van der Waals surface area (Å²) < 4.78 is 0. The van der Waals surface area contributed by atoms with Crippen molar-refractivity contribution >= 4 is 11.8 Å². The van der Waals surface area contributed by atoms with E-state index in [1.807, 2.05) is 0 Å². The molecule has 0 bridgehead atoms. The molecule has 4 heteroatoms. The molecular weight excluding hydrogens is 254 g/mol. The van der Waals surface area contributed by atoms with E-state index < -0.39 is 0 Å². The van der Waals surface area contributed by atoms with Gasteiger partial charge in [-0.1, -0.05) is 6.92 Å². The lowest BCUT2D eigenvalue weighted by Gasteiger charge is -2.48. The van der Waals surface area contributed by atoms with E-state index in [0.29, 0.717) is 6.04 Å². The number of rotatable bonds is 4. The van der Waals surface area contributed by atoms with Crippen molar-refractivity contribution in [3.05, 3.63) is 0 Å². The fraction of sp³-hybridized carbons (Fsp3) is 1.00. The van der Waals surface area contributed by atoms with Gasteiger partial charge >= 0.3 is 0 Å². The lowest BCUT2D eigenvalue weighted by atomic mass is 9.87. The van der Waals surface area contributed by atoms with Crippen LogP contribution in [-0.2, 0) is 0 Å². The maximum Gasteiger partial charge on any atom is 0.0347 e. The fourth-order valence-corrected chi connectivity index (χ4v) is 4.83. The molecule has 3 nitrogen and oxygen atoms in total. The zero-order valence-electron chi connectivity index (χ0n) is 12.7. The van der Waals surface area contributed by atoms with Crippen LogP contribution in [-0.4, -0.2) is 65.6 Å². The van der Waals surface area contributed by atoms with Gasteiger partial charge < -0.3 is 10.6 Å². The predicted molar refractivity (Wildman–Crippen MR) is 85.9 cm³/mol. The Balaban J connectivity index is 2.04. The van der Waals surface area contributed by atoms with Crippen LogP contribution in [0.3, 0.4) is 0 Å². The molecule has 0 amide bonds. The van der Waals surface area contributed by atoms with Crippen LogP contribution in [0.25, 0.3) is 0 Å². The van der Waals surface area contributed by atoms with Crippen LogP contribution in [0, 0.1) is 0 Å². The second kappa shape index (κ2) is 7.30. The second-order valence-electron chi connectivity index (χ2n) is 6.24. The van der Waals surface area contributed by atoms with Crippen molar-refractivity contribution in [2.45, 2.75) is 51.1 Å². The highest BCUT2D eigenvalue weighted by atomic mass is 32.2. The third-order valence-corrected chi connectivity index (χ3v) is 6.10. The molecule has 19 heavy (non-hydrogen) atoms. The van der Waals surface area contributed by atoms with Crippen molar-refractivity contribution in [3.63, 3.8) is 0 Å². The van der Waals surface area contributed by atoms with E-state index in [9.17, 15) is 0 Å². The lowest BCUT2D eigenvalue weighted by Crippen LogP contribution is -2.60. The van der Waals surface area contributed by atoms with Gasteiger partial charge in [-0.05, 0) is 52.2 Å². The zero-order chi connectivity index (χ0) is 13.7. The predicted octanol–water partition coefficient (Wildman–Crippen LogP) is 2.02. The first-order valence-corrected chi connectivity index (χ1v) is 9.14. The largest absolute Gasteiger partial charge is 0.329 e. The Bertz CT molecular complexity index is 274. The van der Waals surface area contributed by atoms with Crippen LogP contribution < -0.4 is 5.73 Å². The Morgan fingerprint density at radius 2 is 2.11 bits per heavy atom. The van der Waals surface area contributed by atoms with E-state index in [1.54, 1.807) is 0 Å². The van der Waals surface area contributed by atoms with Crippen molar-refractivity contribution in [1.82, 2.24) is 9.80 Å². The van der Waals surface area contributed by atoms with E-state index in [0.717, 1.165) is 6.54 Å². The van der Waals surface area contributed by atoms with E-state index in [4.69, 9.17) is 5.73 Å². The Kier molecular flexibility index (Phi) is 6.00. The number of thioether (sulfide) groups is 1. The van der Waals surface area contributed by atoms with Crippen molar-refractivity contribution in [2.75, 3.05) is 44.2 Å². The van der Waals surface area contributed by atoms with Crippen LogP contribution in [0.4, 0.5) is 0 Å². The molecule has 0 aliphatic carbocycles. The minimum absolute atomic E-state index is 0.281. The molecule has 0 aromatic rings. The first kappa shape index (κ1) is 15.6. The Hall–Kier alpha value is 0.230. The van der Waals surface area contributed by atoms with Gasteiger partial charge in [-0.3, -0.25) is 4.90 Å². The van der Waals surface area contributed by atoms with Crippen molar-refractivity contribution < 1.29 is 0 Å². The quantitative estimate of drug-likeness (QED) is 0.856. The SMILES string of the molecule is CCCN1CCCC(CN)(N2CCSCC2C)CC1. The summed E-state index contributed by atoms with van der Waals surface area (Å²) in [6.07, 6.45) is 5.14. The molecule has 2 rings (SSSR count). The number of hydrogen-bond acceptors (Lipinski definition) is 4. The summed E-state index contributed by atoms with van der Waals surface area (Å²) in [5.74, 6) is 2.56. The standard InChI is InChI=1S/C15H31N3S/c1-3-7-17-8-4-5-15(13-16,6-9-17)18-10-11-19-12-14(18)2/h14H,3-13,16H2,1-2H3. The zero-order valence-corrected chi connectivity index (χ0v) is 13.6. The molecule has 2 aliphatic rings. The topological polar surface area (TPSA) is 32.5 Å². The molecular formula is C15H31N3S. The Morgan fingerprint density at radius 1 is 1.26 bits per heavy atom. The average Bonchev–Trinajstić information content (AvgIpc) is 2.63. The van der Waals surface area contributed by atoms with Gasteiger partial charge in [0.25, 0.3) is 0 Å². The highest BCUT2D eigenvalue weighted by Crippen LogP contribution is 2.33. The van der Waals surface area contributed by atoms with Gasteiger partial charge in [0.15, 0.2) is 0 Å². The first-order valence-electron chi connectivity index (χ1n) is 7.99. The van der Waals surface area contributed by atoms with Gasteiger partial charge in [-0.15, -0.1) is 0 Å². The molecule has 2 N–H and O–H groups in total. The van der Waals surface area contributed by atoms with Crippen LogP contribution in [0.15, 0.2) is 0 Å². The summed E-state index contributed by atoms with van der Waals surface area (Å²) in [4.78, 5) is 5.39. The van der Waals surface area contributed by atoms with E-state index in [1.165, 1.54) is 63.4 Å². The molecule has 112 valence electrons. The van der Waals surface area contributed by atoms with Gasteiger partial charge in [0.2, 0.25) is 0 Å². The molecule has 0 aromatic heterocycles. The summed E-state index contributed by atoms with van der Waals surface area (Å²) >= 11 is 2.10. The van der Waals surface area contributed by atoms with Gasteiger partial charge in [0, 0.05) is 36.2 Å². The van der Waals surface area contributed by atoms with Gasteiger partial charge in [0.05, 0.1) is 0 Å². The van der Waals surface area contributed by atoms with Crippen molar-refractivity contribution in [1.29, 1.82) is 0 Å². The van der Waals surface area contributed by atoms with Crippen LogP contribution >= 0.6 is 11.8 Å². The van der Waals surface area contributed by atoms with Gasteiger partial charge in [-0.2, -0.15) is 11.8 Å². The summed E-state index contributed by atoms with van der Waals surface area (Å²) in [6, 6.07) is 0.694.